The van der Waals surface area contributed by atoms with Gasteiger partial charge in [-0.3, -0.25) is 0 Å². The topological polar surface area (TPSA) is 116 Å². The minimum absolute atomic E-state index is 0.153. The van der Waals surface area contributed by atoms with E-state index in [2.05, 4.69) is 45.9 Å². The Bertz CT molecular complexity index is 1630. The van der Waals surface area contributed by atoms with Crippen LogP contribution in [-0.4, -0.2) is 58.0 Å². The van der Waals surface area contributed by atoms with Crippen LogP contribution in [0.5, 0.6) is 17.2 Å². The van der Waals surface area contributed by atoms with E-state index in [-0.39, 0.29) is 56.9 Å². The van der Waals surface area contributed by atoms with Crippen LogP contribution >= 0.6 is 0 Å². The lowest BCUT2D eigenvalue weighted by Gasteiger charge is -2.33. The summed E-state index contributed by atoms with van der Waals surface area (Å²) in [4.78, 5) is 0. The molecule has 0 atom stereocenters. The summed E-state index contributed by atoms with van der Waals surface area (Å²) in [7, 11) is 9.64. The highest BCUT2D eigenvalue weighted by atomic mass is 16.5. The number of ether oxygens (including phenoxy) is 6. The number of aromatic hydroxyl groups is 3. The van der Waals surface area contributed by atoms with Crippen LogP contribution < -0.4 is 0 Å². The Morgan fingerprint density at radius 1 is 0.353 bits per heavy atom. The summed E-state index contributed by atoms with van der Waals surface area (Å²) in [6.07, 6.45) is 0. The van der Waals surface area contributed by atoms with E-state index in [1.807, 2.05) is 36.4 Å². The van der Waals surface area contributed by atoms with Gasteiger partial charge in [0.05, 0.1) is 39.6 Å². The number of methoxy groups -OCH3 is 6. The highest BCUT2D eigenvalue weighted by Gasteiger charge is 2.31. The molecule has 4 rings (SSSR count). The van der Waals surface area contributed by atoms with Gasteiger partial charge in [0.2, 0.25) is 0 Å². The minimum Gasteiger partial charge on any atom is -0.507 e. The first kappa shape index (κ1) is 39.8. The van der Waals surface area contributed by atoms with E-state index in [1.54, 1.807) is 42.7 Å². The van der Waals surface area contributed by atoms with Crippen molar-refractivity contribution in [2.24, 2.45) is 0 Å². The summed E-state index contributed by atoms with van der Waals surface area (Å²) in [5, 5.41) is 33.2. The summed E-state index contributed by atoms with van der Waals surface area (Å²) in [5.41, 5.74) is 8.80. The molecule has 0 bridgehead atoms. The molecule has 0 fully saturated rings. The summed E-state index contributed by atoms with van der Waals surface area (Å²) in [6.45, 7) is 10.1. The molecule has 51 heavy (non-hydrogen) atoms. The molecule has 0 aliphatic carbocycles. The number of benzene rings is 4. The van der Waals surface area contributed by atoms with Gasteiger partial charge in [-0.25, -0.2) is 0 Å². The van der Waals surface area contributed by atoms with Gasteiger partial charge in [0.15, 0.2) is 0 Å². The number of rotatable bonds is 17. The first-order chi connectivity index (χ1) is 24.3. The molecular weight excluding hydrogens is 648 g/mol. The van der Waals surface area contributed by atoms with Crippen LogP contribution in [0.1, 0.15) is 83.3 Å². The molecule has 9 nitrogen and oxygen atoms in total. The molecule has 276 valence electrons. The van der Waals surface area contributed by atoms with Crippen LogP contribution in [0.15, 0.2) is 54.6 Å². The third-order valence-corrected chi connectivity index (χ3v) is 9.76. The average Bonchev–Trinajstić information content (AvgIpc) is 3.10. The fourth-order valence-electron chi connectivity index (χ4n) is 6.61. The van der Waals surface area contributed by atoms with Gasteiger partial charge in [0.25, 0.3) is 0 Å². The Balaban J connectivity index is 2.06. The van der Waals surface area contributed by atoms with E-state index in [0.29, 0.717) is 33.4 Å². The molecule has 0 aliphatic rings. The van der Waals surface area contributed by atoms with Gasteiger partial charge in [-0.05, 0) is 69.8 Å². The first-order valence-electron chi connectivity index (χ1n) is 16.9. The molecule has 0 saturated carbocycles. The number of hydrogen-bond acceptors (Lipinski definition) is 9. The summed E-state index contributed by atoms with van der Waals surface area (Å²) < 4.78 is 32.8. The fraction of sp³-hybridized carbons (Fsp3) is 0.429. The molecule has 3 N–H and O–H groups in total. The Hall–Kier alpha value is -3.96. The molecule has 9 heteroatoms. The predicted octanol–water partition coefficient (Wildman–Crippen LogP) is 8.00. The van der Waals surface area contributed by atoms with E-state index in [0.717, 1.165) is 33.4 Å². The van der Waals surface area contributed by atoms with Crippen LogP contribution in [0.2, 0.25) is 0 Å². The van der Waals surface area contributed by atoms with Crippen molar-refractivity contribution in [2.45, 2.75) is 78.2 Å². The molecule has 4 aromatic rings. The molecule has 4 aromatic carbocycles. The average molecular weight is 703 g/mol. The standard InChI is InChI=1S/C42H54O9/c1-41(2,34-15-30(22-48-7)39(44)31(16-34)23-49-8)36-13-27(26-11-28(20-46-5)38(43)29(12-26)21-47-6)14-37(19-36)42(3,4)35-17-32(24-50-9)40(45)33(18-35)25-51-10/h11-19,43-45H,20-25H2,1-10H3. The van der Waals surface area contributed by atoms with E-state index in [9.17, 15) is 15.3 Å². The van der Waals surface area contributed by atoms with Gasteiger partial charge in [0, 0.05) is 86.9 Å². The zero-order valence-corrected chi connectivity index (χ0v) is 31.7. The van der Waals surface area contributed by atoms with Crippen molar-refractivity contribution in [3.63, 3.8) is 0 Å². The SMILES string of the molecule is COCc1cc(-c2cc(C(C)(C)c3cc(COC)c(O)c(COC)c3)cc(C(C)(C)c3cc(COC)c(O)c(COC)c3)c2)cc(COC)c1O. The zero-order valence-electron chi connectivity index (χ0n) is 31.7. The van der Waals surface area contributed by atoms with Crippen LogP contribution in [-0.2, 0) is 78.9 Å². The third-order valence-electron chi connectivity index (χ3n) is 9.76. The van der Waals surface area contributed by atoms with Crippen LogP contribution in [0.3, 0.4) is 0 Å². The van der Waals surface area contributed by atoms with Crippen molar-refractivity contribution in [3.05, 3.63) is 110 Å². The highest BCUT2D eigenvalue weighted by Crippen LogP contribution is 2.43. The summed E-state index contributed by atoms with van der Waals surface area (Å²) >= 11 is 0. The lowest BCUT2D eigenvalue weighted by Crippen LogP contribution is -2.24. The Morgan fingerprint density at radius 3 is 0.824 bits per heavy atom. The number of phenolic OH excluding ortho intramolecular Hbond substituents is 3. The smallest absolute Gasteiger partial charge is 0.126 e. The highest BCUT2D eigenvalue weighted by molar-refractivity contribution is 5.71. The third kappa shape index (κ3) is 8.58. The van der Waals surface area contributed by atoms with E-state index < -0.39 is 10.8 Å². The molecule has 0 aliphatic heterocycles. The van der Waals surface area contributed by atoms with E-state index >= 15 is 0 Å². The molecule has 0 radical (unpaired) electrons. The van der Waals surface area contributed by atoms with E-state index in [4.69, 9.17) is 28.4 Å². The maximum absolute atomic E-state index is 11.1. The normalized spacial score (nSPS) is 12.1. The van der Waals surface area contributed by atoms with Crippen molar-refractivity contribution in [1.29, 1.82) is 0 Å². The van der Waals surface area contributed by atoms with Crippen molar-refractivity contribution in [2.75, 3.05) is 42.7 Å². The second-order valence-electron chi connectivity index (χ2n) is 14.1. The summed E-state index contributed by atoms with van der Waals surface area (Å²) in [6, 6.07) is 18.5. The van der Waals surface area contributed by atoms with E-state index in [1.165, 1.54) is 0 Å². The number of phenols is 3. The number of hydrogen-bond donors (Lipinski definition) is 3. The van der Waals surface area contributed by atoms with Crippen LogP contribution in [0.4, 0.5) is 0 Å². The molecule has 0 aromatic heterocycles. The maximum Gasteiger partial charge on any atom is 0.126 e. The van der Waals surface area contributed by atoms with Crippen molar-refractivity contribution < 1.29 is 43.7 Å². The lowest BCUT2D eigenvalue weighted by molar-refractivity contribution is 0.174. The first-order valence-corrected chi connectivity index (χ1v) is 16.9. The van der Waals surface area contributed by atoms with Gasteiger partial charge in [-0.2, -0.15) is 0 Å². The zero-order chi connectivity index (χ0) is 37.5. The van der Waals surface area contributed by atoms with Crippen LogP contribution in [0.25, 0.3) is 11.1 Å². The van der Waals surface area contributed by atoms with Gasteiger partial charge < -0.3 is 43.7 Å². The molecule has 0 spiro atoms. The lowest BCUT2D eigenvalue weighted by atomic mass is 9.71. The molecule has 0 heterocycles. The van der Waals surface area contributed by atoms with Crippen molar-refractivity contribution in [3.8, 4) is 28.4 Å². The molecule has 0 unspecified atom stereocenters. The van der Waals surface area contributed by atoms with Gasteiger partial charge in [-0.1, -0.05) is 45.9 Å². The quantitative estimate of drug-likeness (QED) is 0.101. The Morgan fingerprint density at radius 2 is 0.569 bits per heavy atom. The van der Waals surface area contributed by atoms with Crippen molar-refractivity contribution in [1.82, 2.24) is 0 Å². The monoisotopic (exact) mass is 702 g/mol. The van der Waals surface area contributed by atoms with Crippen molar-refractivity contribution >= 4 is 0 Å². The Kier molecular flexibility index (Phi) is 13.3. The molecule has 0 amide bonds. The second kappa shape index (κ2) is 17.0. The second-order valence-corrected chi connectivity index (χ2v) is 14.1. The Labute approximate surface area is 302 Å². The molecular formula is C42H54O9. The molecule has 0 saturated heterocycles. The van der Waals surface area contributed by atoms with Gasteiger partial charge in [0.1, 0.15) is 17.2 Å². The predicted molar refractivity (Wildman–Crippen MR) is 198 cm³/mol. The van der Waals surface area contributed by atoms with Gasteiger partial charge in [-0.15, -0.1) is 0 Å². The largest absolute Gasteiger partial charge is 0.507 e. The minimum atomic E-state index is -0.557. The summed E-state index contributed by atoms with van der Waals surface area (Å²) in [5.74, 6) is 0.487. The van der Waals surface area contributed by atoms with Crippen LogP contribution in [0, 0.1) is 0 Å². The van der Waals surface area contributed by atoms with Gasteiger partial charge >= 0.3 is 0 Å². The fourth-order valence-corrected chi connectivity index (χ4v) is 6.61. The maximum atomic E-state index is 11.1.